The molecule has 0 spiro atoms. The van der Waals surface area contributed by atoms with Crippen molar-refractivity contribution in [3.63, 3.8) is 0 Å². The van der Waals surface area contributed by atoms with Gasteiger partial charge in [0.15, 0.2) is 5.13 Å². The quantitative estimate of drug-likeness (QED) is 0.381. The molecule has 0 aliphatic rings. The average Bonchev–Trinajstić information content (AvgIpc) is 3.14. The summed E-state index contributed by atoms with van der Waals surface area (Å²) in [5, 5.41) is 4.63. The highest BCUT2D eigenvalue weighted by Crippen LogP contribution is 2.38. The Morgan fingerprint density at radius 1 is 0.941 bits per heavy atom. The molecule has 180 valence electrons. The topological polar surface area (TPSA) is 80.3 Å². The second kappa shape index (κ2) is 9.71. The minimum Gasteiger partial charge on any atom is -0.450 e. The molecule has 6 nitrogen and oxygen atoms in total. The van der Waals surface area contributed by atoms with Crippen molar-refractivity contribution in [3.05, 3.63) is 65.2 Å². The van der Waals surface area contributed by atoms with Gasteiger partial charge in [-0.05, 0) is 25.1 Å². The number of hydrogen-bond donors (Lipinski definition) is 2. The molecule has 0 aliphatic carbocycles. The molecule has 3 rings (SSSR count). The number of aromatic nitrogens is 1. The standard InChI is InChI=1S/C21H15F6N3O3S/c1-2-33-19(32)30-18-28-15(11-6-4-3-5-7-11)17(34-18)29-16(31)12-8-13(20(22,23)24)10-14(9-12)21(25,26)27/h3-10H,2H2,1H3,(H,29,31)(H,28,30,32). The second-order valence-corrected chi connectivity index (χ2v) is 7.66. The fraction of sp³-hybridized carbons (Fsp3) is 0.190. The van der Waals surface area contributed by atoms with E-state index in [2.05, 4.69) is 15.6 Å². The number of benzene rings is 2. The lowest BCUT2D eigenvalue weighted by Crippen LogP contribution is -2.17. The molecule has 0 unspecified atom stereocenters. The van der Waals surface area contributed by atoms with Crippen LogP contribution in [-0.2, 0) is 17.1 Å². The molecule has 2 amide bonds. The maximum Gasteiger partial charge on any atom is 0.416 e. The first-order chi connectivity index (χ1) is 15.9. The van der Waals surface area contributed by atoms with Crippen LogP contribution < -0.4 is 10.6 Å². The Labute approximate surface area is 192 Å². The number of rotatable bonds is 5. The zero-order valence-electron chi connectivity index (χ0n) is 17.2. The number of hydrogen-bond acceptors (Lipinski definition) is 5. The van der Waals surface area contributed by atoms with Crippen LogP contribution >= 0.6 is 11.3 Å². The summed E-state index contributed by atoms with van der Waals surface area (Å²) in [5.74, 6) is -1.22. The van der Waals surface area contributed by atoms with Gasteiger partial charge in [0.25, 0.3) is 5.91 Å². The number of ether oxygens (including phenoxy) is 1. The number of alkyl halides is 6. The van der Waals surface area contributed by atoms with Gasteiger partial charge in [-0.1, -0.05) is 41.7 Å². The van der Waals surface area contributed by atoms with E-state index in [1.807, 2.05) is 0 Å². The molecule has 1 aromatic heterocycles. The molecular formula is C21H15F6N3O3S. The van der Waals surface area contributed by atoms with E-state index in [-0.39, 0.29) is 28.5 Å². The Hall–Kier alpha value is -3.61. The third kappa shape index (κ3) is 6.04. The summed E-state index contributed by atoms with van der Waals surface area (Å²) in [4.78, 5) is 28.6. The Morgan fingerprint density at radius 3 is 2.06 bits per heavy atom. The van der Waals surface area contributed by atoms with Gasteiger partial charge in [0.05, 0.1) is 17.7 Å². The van der Waals surface area contributed by atoms with E-state index >= 15 is 0 Å². The van der Waals surface area contributed by atoms with Crippen LogP contribution in [0.1, 0.15) is 28.4 Å². The normalized spacial score (nSPS) is 11.7. The zero-order chi connectivity index (χ0) is 25.1. The first-order valence-corrected chi connectivity index (χ1v) is 10.3. The van der Waals surface area contributed by atoms with Gasteiger partial charge in [-0.25, -0.2) is 9.78 Å². The lowest BCUT2D eigenvalue weighted by molar-refractivity contribution is -0.143. The SMILES string of the molecule is CCOC(=O)Nc1nc(-c2ccccc2)c(NC(=O)c2cc(C(F)(F)F)cc(C(F)(F)F)c2)s1. The molecule has 0 saturated heterocycles. The van der Waals surface area contributed by atoms with E-state index in [9.17, 15) is 35.9 Å². The molecule has 0 radical (unpaired) electrons. The van der Waals surface area contributed by atoms with Crippen LogP contribution in [0.2, 0.25) is 0 Å². The van der Waals surface area contributed by atoms with Crippen molar-refractivity contribution in [2.45, 2.75) is 19.3 Å². The predicted molar refractivity (Wildman–Crippen MR) is 113 cm³/mol. The van der Waals surface area contributed by atoms with Crippen molar-refractivity contribution in [2.24, 2.45) is 0 Å². The molecule has 2 N–H and O–H groups in total. The number of nitrogens with one attached hydrogen (secondary N) is 2. The van der Waals surface area contributed by atoms with Crippen LogP contribution in [0.3, 0.4) is 0 Å². The maximum atomic E-state index is 13.1. The van der Waals surface area contributed by atoms with Crippen molar-refractivity contribution < 1.29 is 40.7 Å². The van der Waals surface area contributed by atoms with Gasteiger partial charge in [0, 0.05) is 11.1 Å². The van der Waals surface area contributed by atoms with E-state index in [1.165, 1.54) is 0 Å². The van der Waals surface area contributed by atoms with Gasteiger partial charge >= 0.3 is 18.4 Å². The number of halogens is 6. The summed E-state index contributed by atoms with van der Waals surface area (Å²) in [6.07, 6.45) is -11.0. The molecule has 3 aromatic rings. The summed E-state index contributed by atoms with van der Waals surface area (Å²) in [7, 11) is 0. The number of thiazole rings is 1. The largest absolute Gasteiger partial charge is 0.450 e. The number of carbonyl (C=O) groups excluding carboxylic acids is 2. The molecule has 0 saturated carbocycles. The lowest BCUT2D eigenvalue weighted by atomic mass is 10.0. The van der Waals surface area contributed by atoms with E-state index in [0.717, 1.165) is 11.3 Å². The van der Waals surface area contributed by atoms with E-state index < -0.39 is 41.0 Å². The van der Waals surface area contributed by atoms with Gasteiger partial charge in [-0.2, -0.15) is 26.3 Å². The Morgan fingerprint density at radius 2 is 1.53 bits per heavy atom. The van der Waals surface area contributed by atoms with Crippen LogP contribution in [0.4, 0.5) is 41.3 Å². The van der Waals surface area contributed by atoms with Crippen molar-refractivity contribution in [1.29, 1.82) is 0 Å². The van der Waals surface area contributed by atoms with Crippen LogP contribution in [0.5, 0.6) is 0 Å². The van der Waals surface area contributed by atoms with Gasteiger partial charge in [-0.15, -0.1) is 0 Å². The van der Waals surface area contributed by atoms with Gasteiger partial charge in [-0.3, -0.25) is 10.1 Å². The highest BCUT2D eigenvalue weighted by atomic mass is 32.1. The van der Waals surface area contributed by atoms with Crippen LogP contribution in [0.15, 0.2) is 48.5 Å². The molecule has 0 fully saturated rings. The Kier molecular flexibility index (Phi) is 7.15. The molecule has 0 atom stereocenters. The molecule has 2 aromatic carbocycles. The molecule has 0 bridgehead atoms. The number of nitrogens with zero attached hydrogens (tertiary/aromatic N) is 1. The molecule has 1 heterocycles. The van der Waals surface area contributed by atoms with Crippen LogP contribution in [-0.4, -0.2) is 23.6 Å². The first-order valence-electron chi connectivity index (χ1n) is 9.49. The Bertz CT molecular complexity index is 1160. The van der Waals surface area contributed by atoms with Crippen LogP contribution in [0, 0.1) is 0 Å². The minimum atomic E-state index is -5.10. The van der Waals surface area contributed by atoms with Crippen molar-refractivity contribution in [1.82, 2.24) is 4.98 Å². The fourth-order valence-electron chi connectivity index (χ4n) is 2.77. The first kappa shape index (κ1) is 25.0. The van der Waals surface area contributed by atoms with Gasteiger partial charge < -0.3 is 10.1 Å². The van der Waals surface area contributed by atoms with Gasteiger partial charge in [0.2, 0.25) is 0 Å². The number of carbonyl (C=O) groups is 2. The fourth-order valence-corrected chi connectivity index (χ4v) is 3.63. The van der Waals surface area contributed by atoms with E-state index in [4.69, 9.17) is 4.74 Å². The average molecular weight is 503 g/mol. The van der Waals surface area contributed by atoms with Crippen molar-refractivity contribution in [3.8, 4) is 11.3 Å². The smallest absolute Gasteiger partial charge is 0.416 e. The minimum absolute atomic E-state index is 0.00558. The van der Waals surface area contributed by atoms with Crippen molar-refractivity contribution in [2.75, 3.05) is 17.2 Å². The van der Waals surface area contributed by atoms with E-state index in [0.29, 0.717) is 17.7 Å². The summed E-state index contributed by atoms with van der Waals surface area (Å²) in [6.45, 7) is 1.65. The van der Waals surface area contributed by atoms with Crippen molar-refractivity contribution >= 4 is 33.5 Å². The summed E-state index contributed by atoms with van der Waals surface area (Å²) >= 11 is 0.752. The van der Waals surface area contributed by atoms with Crippen LogP contribution in [0.25, 0.3) is 11.3 Å². The number of anilines is 2. The Balaban J connectivity index is 2.01. The molecular weight excluding hydrogens is 488 g/mol. The second-order valence-electron chi connectivity index (χ2n) is 6.66. The lowest BCUT2D eigenvalue weighted by Gasteiger charge is -2.14. The molecule has 34 heavy (non-hydrogen) atoms. The summed E-state index contributed by atoms with van der Waals surface area (Å²) in [5.41, 5.74) is -3.47. The highest BCUT2D eigenvalue weighted by molar-refractivity contribution is 7.20. The molecule has 0 aliphatic heterocycles. The predicted octanol–water partition coefficient (Wildman–Crippen LogP) is 6.67. The maximum absolute atomic E-state index is 13.1. The third-order valence-corrected chi connectivity index (χ3v) is 5.12. The summed E-state index contributed by atoms with van der Waals surface area (Å²) in [6, 6.07) is 8.82. The zero-order valence-corrected chi connectivity index (χ0v) is 18.0. The molecule has 13 heteroatoms. The number of amides is 2. The van der Waals surface area contributed by atoms with Gasteiger partial charge in [0.1, 0.15) is 10.7 Å². The third-order valence-electron chi connectivity index (χ3n) is 4.24. The summed E-state index contributed by atoms with van der Waals surface area (Å²) < 4.78 is 83.6. The monoisotopic (exact) mass is 503 g/mol. The highest BCUT2D eigenvalue weighted by Gasteiger charge is 2.37. The van der Waals surface area contributed by atoms with E-state index in [1.54, 1.807) is 37.3 Å².